The SMILES string of the molecule is C[C@@H](Nc1ccc(-c2cnsc2)cn1)c1ccc(F)cc1. The van der Waals surface area contributed by atoms with Gasteiger partial charge in [0.1, 0.15) is 11.6 Å². The molecule has 1 N–H and O–H groups in total. The summed E-state index contributed by atoms with van der Waals surface area (Å²) in [7, 11) is 0. The first-order valence-electron chi connectivity index (χ1n) is 6.60. The Morgan fingerprint density at radius 1 is 1.05 bits per heavy atom. The van der Waals surface area contributed by atoms with Gasteiger partial charge < -0.3 is 5.32 Å². The second-order valence-electron chi connectivity index (χ2n) is 4.76. The van der Waals surface area contributed by atoms with Crippen molar-refractivity contribution < 1.29 is 4.39 Å². The number of rotatable bonds is 4. The molecule has 0 saturated heterocycles. The van der Waals surface area contributed by atoms with Crippen LogP contribution in [0.1, 0.15) is 18.5 Å². The summed E-state index contributed by atoms with van der Waals surface area (Å²) in [6, 6.07) is 10.5. The zero-order valence-corrected chi connectivity index (χ0v) is 12.3. The Bertz CT molecular complexity index is 693. The van der Waals surface area contributed by atoms with E-state index in [0.717, 1.165) is 22.5 Å². The van der Waals surface area contributed by atoms with E-state index in [1.54, 1.807) is 12.1 Å². The predicted octanol–water partition coefficient (Wildman–Crippen LogP) is 4.52. The maximum absolute atomic E-state index is 12.9. The summed E-state index contributed by atoms with van der Waals surface area (Å²) in [5.41, 5.74) is 3.14. The third kappa shape index (κ3) is 3.25. The lowest BCUT2D eigenvalue weighted by atomic mass is 10.1. The zero-order chi connectivity index (χ0) is 14.7. The molecule has 0 bridgehead atoms. The number of nitrogens with zero attached hydrogens (tertiary/aromatic N) is 2. The topological polar surface area (TPSA) is 37.8 Å². The molecule has 1 aromatic carbocycles. The molecular formula is C16H14FN3S. The molecule has 2 heterocycles. The molecule has 3 aromatic rings. The van der Waals surface area contributed by atoms with Crippen molar-refractivity contribution in [1.29, 1.82) is 0 Å². The summed E-state index contributed by atoms with van der Waals surface area (Å²) in [6.07, 6.45) is 3.65. The Morgan fingerprint density at radius 3 is 2.48 bits per heavy atom. The van der Waals surface area contributed by atoms with Crippen LogP contribution in [0.5, 0.6) is 0 Å². The van der Waals surface area contributed by atoms with Crippen LogP contribution < -0.4 is 5.32 Å². The molecule has 0 aliphatic heterocycles. The third-order valence-electron chi connectivity index (χ3n) is 3.26. The van der Waals surface area contributed by atoms with Crippen molar-refractivity contribution in [3.63, 3.8) is 0 Å². The quantitative estimate of drug-likeness (QED) is 0.770. The Kier molecular flexibility index (Phi) is 3.92. The minimum absolute atomic E-state index is 0.0618. The summed E-state index contributed by atoms with van der Waals surface area (Å²) in [4.78, 5) is 4.41. The van der Waals surface area contributed by atoms with Gasteiger partial charge in [0, 0.05) is 34.9 Å². The van der Waals surface area contributed by atoms with E-state index in [-0.39, 0.29) is 11.9 Å². The molecular weight excluding hydrogens is 285 g/mol. The Morgan fingerprint density at radius 2 is 1.86 bits per heavy atom. The van der Waals surface area contributed by atoms with E-state index in [9.17, 15) is 4.39 Å². The predicted molar refractivity (Wildman–Crippen MR) is 83.8 cm³/mol. The molecule has 21 heavy (non-hydrogen) atoms. The van der Waals surface area contributed by atoms with Crippen LogP contribution in [-0.2, 0) is 0 Å². The van der Waals surface area contributed by atoms with Gasteiger partial charge in [-0.1, -0.05) is 12.1 Å². The van der Waals surface area contributed by atoms with Crippen LogP contribution >= 0.6 is 11.5 Å². The molecule has 0 unspecified atom stereocenters. The molecule has 2 aromatic heterocycles. The molecule has 3 rings (SSSR count). The van der Waals surface area contributed by atoms with Crippen LogP contribution in [0.2, 0.25) is 0 Å². The average Bonchev–Trinajstić information content (AvgIpc) is 3.03. The van der Waals surface area contributed by atoms with E-state index in [1.807, 2.05) is 36.8 Å². The number of aromatic nitrogens is 2. The molecule has 0 fully saturated rings. The Hall–Kier alpha value is -2.27. The Labute approximate surface area is 126 Å². The van der Waals surface area contributed by atoms with Crippen molar-refractivity contribution in [3.05, 3.63) is 65.6 Å². The number of benzene rings is 1. The van der Waals surface area contributed by atoms with Crippen molar-refractivity contribution in [3.8, 4) is 11.1 Å². The van der Waals surface area contributed by atoms with Crippen molar-refractivity contribution in [2.45, 2.75) is 13.0 Å². The maximum Gasteiger partial charge on any atom is 0.126 e. The van der Waals surface area contributed by atoms with Gasteiger partial charge >= 0.3 is 0 Å². The highest BCUT2D eigenvalue weighted by molar-refractivity contribution is 7.03. The normalized spacial score (nSPS) is 12.1. The van der Waals surface area contributed by atoms with Gasteiger partial charge in [-0.2, -0.15) is 0 Å². The molecule has 3 nitrogen and oxygen atoms in total. The molecule has 0 amide bonds. The fourth-order valence-electron chi connectivity index (χ4n) is 2.05. The standard InChI is InChI=1S/C16H14FN3S/c1-11(12-2-5-15(17)6-3-12)20-16-7-4-13(8-18-16)14-9-19-21-10-14/h2-11H,1H3,(H,18,20)/t11-/m1/s1. The highest BCUT2D eigenvalue weighted by Gasteiger charge is 2.06. The molecule has 0 spiro atoms. The molecule has 0 aliphatic rings. The van der Waals surface area contributed by atoms with E-state index in [0.29, 0.717) is 0 Å². The average molecular weight is 299 g/mol. The van der Waals surface area contributed by atoms with Gasteiger partial charge in [-0.25, -0.2) is 13.7 Å². The minimum atomic E-state index is -0.224. The van der Waals surface area contributed by atoms with Gasteiger partial charge in [-0.05, 0) is 48.3 Å². The summed E-state index contributed by atoms with van der Waals surface area (Å²) in [6.45, 7) is 2.02. The fraction of sp³-hybridized carbons (Fsp3) is 0.125. The maximum atomic E-state index is 12.9. The summed E-state index contributed by atoms with van der Waals surface area (Å²) in [5, 5.41) is 5.29. The van der Waals surface area contributed by atoms with Crippen LogP contribution in [-0.4, -0.2) is 9.36 Å². The van der Waals surface area contributed by atoms with Crippen molar-refractivity contribution in [1.82, 2.24) is 9.36 Å². The van der Waals surface area contributed by atoms with Gasteiger partial charge in [0.25, 0.3) is 0 Å². The van der Waals surface area contributed by atoms with Crippen LogP contribution in [0.25, 0.3) is 11.1 Å². The summed E-state index contributed by atoms with van der Waals surface area (Å²) in [5.74, 6) is 0.566. The second-order valence-corrected chi connectivity index (χ2v) is 5.42. The van der Waals surface area contributed by atoms with Crippen LogP contribution in [0.4, 0.5) is 10.2 Å². The number of halogens is 1. The highest BCUT2D eigenvalue weighted by Crippen LogP contribution is 2.22. The lowest BCUT2D eigenvalue weighted by Crippen LogP contribution is -2.07. The lowest BCUT2D eigenvalue weighted by Gasteiger charge is -2.15. The summed E-state index contributed by atoms with van der Waals surface area (Å²) < 4.78 is 17.0. The lowest BCUT2D eigenvalue weighted by molar-refractivity contribution is 0.626. The first-order valence-corrected chi connectivity index (χ1v) is 7.44. The number of pyridine rings is 1. The summed E-state index contributed by atoms with van der Waals surface area (Å²) >= 11 is 1.42. The second kappa shape index (κ2) is 6.01. The van der Waals surface area contributed by atoms with Gasteiger partial charge in [0.2, 0.25) is 0 Å². The first kappa shape index (κ1) is 13.7. The molecule has 0 aliphatic carbocycles. The molecule has 0 radical (unpaired) electrons. The zero-order valence-electron chi connectivity index (χ0n) is 11.5. The molecule has 5 heteroatoms. The number of anilines is 1. The van der Waals surface area contributed by atoms with Crippen LogP contribution in [0.3, 0.4) is 0 Å². The van der Waals surface area contributed by atoms with Crippen molar-refractivity contribution in [2.24, 2.45) is 0 Å². The van der Waals surface area contributed by atoms with Crippen LogP contribution in [0, 0.1) is 5.82 Å². The smallest absolute Gasteiger partial charge is 0.126 e. The van der Waals surface area contributed by atoms with E-state index in [2.05, 4.69) is 14.7 Å². The van der Waals surface area contributed by atoms with Gasteiger partial charge in [0.15, 0.2) is 0 Å². The van der Waals surface area contributed by atoms with Crippen molar-refractivity contribution in [2.75, 3.05) is 5.32 Å². The monoisotopic (exact) mass is 299 g/mol. The van der Waals surface area contributed by atoms with Gasteiger partial charge in [-0.15, -0.1) is 0 Å². The van der Waals surface area contributed by atoms with E-state index in [1.165, 1.54) is 23.7 Å². The third-order valence-corrected chi connectivity index (χ3v) is 3.85. The van der Waals surface area contributed by atoms with E-state index < -0.39 is 0 Å². The first-order chi connectivity index (χ1) is 10.2. The minimum Gasteiger partial charge on any atom is -0.364 e. The largest absolute Gasteiger partial charge is 0.364 e. The molecule has 106 valence electrons. The highest BCUT2D eigenvalue weighted by atomic mass is 32.1. The van der Waals surface area contributed by atoms with E-state index >= 15 is 0 Å². The number of hydrogen-bond donors (Lipinski definition) is 1. The number of hydrogen-bond acceptors (Lipinski definition) is 4. The van der Waals surface area contributed by atoms with Gasteiger partial charge in [-0.3, -0.25) is 0 Å². The fourth-order valence-corrected chi connectivity index (χ4v) is 2.60. The van der Waals surface area contributed by atoms with E-state index in [4.69, 9.17) is 0 Å². The molecule has 1 atom stereocenters. The Balaban J connectivity index is 1.71. The van der Waals surface area contributed by atoms with Crippen molar-refractivity contribution >= 4 is 17.4 Å². The molecule has 0 saturated carbocycles. The van der Waals surface area contributed by atoms with Gasteiger partial charge in [0.05, 0.1) is 0 Å². The van der Waals surface area contributed by atoms with Crippen LogP contribution in [0.15, 0.2) is 54.2 Å². The number of nitrogens with one attached hydrogen (secondary N) is 1.